The van der Waals surface area contributed by atoms with E-state index in [9.17, 15) is 4.79 Å². The zero-order valence-corrected chi connectivity index (χ0v) is 14.9. The molecule has 1 aliphatic heterocycles. The van der Waals surface area contributed by atoms with E-state index in [0.717, 1.165) is 43.3 Å². The van der Waals surface area contributed by atoms with Crippen LogP contribution in [0.3, 0.4) is 0 Å². The molecule has 8 heteroatoms. The second kappa shape index (κ2) is 7.78. The molecule has 1 N–H and O–H groups in total. The van der Waals surface area contributed by atoms with Gasteiger partial charge in [0.05, 0.1) is 0 Å². The second-order valence-corrected chi connectivity index (χ2v) is 6.21. The third-order valence-corrected chi connectivity index (χ3v) is 4.19. The van der Waals surface area contributed by atoms with Crippen LogP contribution in [0.5, 0.6) is 0 Å². The molecular weight excluding hydrogens is 330 g/mol. The smallest absolute Gasteiger partial charge is 0.226 e. The zero-order chi connectivity index (χ0) is 18.5. The van der Waals surface area contributed by atoms with Gasteiger partial charge in [0, 0.05) is 51.5 Å². The first-order valence-electron chi connectivity index (χ1n) is 8.50. The van der Waals surface area contributed by atoms with Crippen molar-refractivity contribution >= 4 is 17.7 Å². The summed E-state index contributed by atoms with van der Waals surface area (Å²) < 4.78 is 0. The summed E-state index contributed by atoms with van der Waals surface area (Å²) in [6.45, 7) is 6.96. The molecule has 134 valence electrons. The number of carbonyl (C=O) groups is 1. The monoisotopic (exact) mass is 351 g/mol. The number of nitriles is 1. The number of amides is 1. The van der Waals surface area contributed by atoms with Gasteiger partial charge in [-0.2, -0.15) is 5.26 Å². The number of anilines is 2. The van der Waals surface area contributed by atoms with Crippen molar-refractivity contribution in [3.8, 4) is 6.07 Å². The third-order valence-electron chi connectivity index (χ3n) is 4.19. The minimum absolute atomic E-state index is 0.0492. The van der Waals surface area contributed by atoms with E-state index in [2.05, 4.69) is 36.1 Å². The number of pyridine rings is 1. The van der Waals surface area contributed by atoms with E-state index >= 15 is 0 Å². The summed E-state index contributed by atoms with van der Waals surface area (Å²) in [6.07, 6.45) is 1.77. The standard InChI is InChI=1S/C18H21N7O/c1-13-9-16(11-19)23-18(22-13)25-7-5-24(6-8-25)17-10-15(3-4-20-17)12-21-14(2)26/h3-4,9-10H,5-8,12H2,1-2H3,(H,21,26). The van der Waals surface area contributed by atoms with Crippen LogP contribution in [0.2, 0.25) is 0 Å². The van der Waals surface area contributed by atoms with E-state index in [4.69, 9.17) is 5.26 Å². The predicted molar refractivity (Wildman–Crippen MR) is 97.7 cm³/mol. The number of hydrogen-bond donors (Lipinski definition) is 1. The quantitative estimate of drug-likeness (QED) is 0.878. The number of nitrogens with one attached hydrogen (secondary N) is 1. The Hall–Kier alpha value is -3.21. The summed E-state index contributed by atoms with van der Waals surface area (Å²) >= 11 is 0. The highest BCUT2D eigenvalue weighted by Crippen LogP contribution is 2.18. The molecule has 26 heavy (non-hydrogen) atoms. The molecule has 3 heterocycles. The lowest BCUT2D eigenvalue weighted by Crippen LogP contribution is -2.47. The van der Waals surface area contributed by atoms with Crippen LogP contribution in [0.15, 0.2) is 24.4 Å². The van der Waals surface area contributed by atoms with Gasteiger partial charge in [-0.15, -0.1) is 0 Å². The van der Waals surface area contributed by atoms with Gasteiger partial charge in [0.2, 0.25) is 11.9 Å². The summed E-state index contributed by atoms with van der Waals surface area (Å²) in [5.41, 5.74) is 2.21. The first-order valence-corrected chi connectivity index (χ1v) is 8.50. The molecule has 1 saturated heterocycles. The van der Waals surface area contributed by atoms with Gasteiger partial charge in [0.25, 0.3) is 0 Å². The normalized spacial score (nSPS) is 14.0. The van der Waals surface area contributed by atoms with Crippen LogP contribution in [0.1, 0.15) is 23.9 Å². The molecule has 0 unspecified atom stereocenters. The van der Waals surface area contributed by atoms with Gasteiger partial charge < -0.3 is 15.1 Å². The van der Waals surface area contributed by atoms with E-state index in [1.807, 2.05) is 19.1 Å². The summed E-state index contributed by atoms with van der Waals surface area (Å²) in [4.78, 5) is 28.6. The van der Waals surface area contributed by atoms with Crippen molar-refractivity contribution in [3.63, 3.8) is 0 Å². The fourth-order valence-electron chi connectivity index (χ4n) is 2.86. The third kappa shape index (κ3) is 4.25. The molecule has 2 aromatic heterocycles. The SMILES string of the molecule is CC(=O)NCc1ccnc(N2CCN(c3nc(C)cc(C#N)n3)CC2)c1. The summed E-state index contributed by atoms with van der Waals surface area (Å²) in [5, 5.41) is 11.9. The maximum Gasteiger partial charge on any atom is 0.226 e. The highest BCUT2D eigenvalue weighted by atomic mass is 16.1. The van der Waals surface area contributed by atoms with Crippen molar-refractivity contribution in [2.75, 3.05) is 36.0 Å². The van der Waals surface area contributed by atoms with Crippen molar-refractivity contribution in [2.45, 2.75) is 20.4 Å². The molecule has 0 radical (unpaired) electrons. The highest BCUT2D eigenvalue weighted by Gasteiger charge is 2.20. The molecule has 1 fully saturated rings. The highest BCUT2D eigenvalue weighted by molar-refractivity contribution is 5.72. The van der Waals surface area contributed by atoms with Gasteiger partial charge in [0.1, 0.15) is 17.6 Å². The molecule has 0 atom stereocenters. The largest absolute Gasteiger partial charge is 0.353 e. The molecule has 0 bridgehead atoms. The fourth-order valence-corrected chi connectivity index (χ4v) is 2.86. The number of carbonyl (C=O) groups excluding carboxylic acids is 1. The first kappa shape index (κ1) is 17.6. The molecule has 2 aromatic rings. The Morgan fingerprint density at radius 3 is 2.65 bits per heavy atom. The van der Waals surface area contributed by atoms with E-state index in [0.29, 0.717) is 18.2 Å². The Morgan fingerprint density at radius 2 is 1.96 bits per heavy atom. The number of hydrogen-bond acceptors (Lipinski definition) is 7. The van der Waals surface area contributed by atoms with Crippen LogP contribution < -0.4 is 15.1 Å². The number of rotatable bonds is 4. The maximum absolute atomic E-state index is 11.1. The van der Waals surface area contributed by atoms with Crippen molar-refractivity contribution in [2.24, 2.45) is 0 Å². The Kier molecular flexibility index (Phi) is 5.27. The van der Waals surface area contributed by atoms with Crippen molar-refractivity contribution in [3.05, 3.63) is 41.3 Å². The first-order chi connectivity index (χ1) is 12.5. The Labute approximate surface area is 152 Å². The Balaban J connectivity index is 1.65. The summed E-state index contributed by atoms with van der Waals surface area (Å²) in [7, 11) is 0. The van der Waals surface area contributed by atoms with Crippen LogP contribution in [0.4, 0.5) is 11.8 Å². The Morgan fingerprint density at radius 1 is 1.23 bits per heavy atom. The minimum atomic E-state index is -0.0492. The van der Waals surface area contributed by atoms with Gasteiger partial charge in [0.15, 0.2) is 0 Å². The lowest BCUT2D eigenvalue weighted by molar-refractivity contribution is -0.119. The number of nitrogens with zero attached hydrogens (tertiary/aromatic N) is 6. The zero-order valence-electron chi connectivity index (χ0n) is 14.9. The topological polar surface area (TPSA) is 98.0 Å². The minimum Gasteiger partial charge on any atom is -0.353 e. The predicted octanol–water partition coefficient (Wildman–Crippen LogP) is 1.01. The lowest BCUT2D eigenvalue weighted by atomic mass is 10.2. The molecule has 0 aromatic carbocycles. The van der Waals surface area contributed by atoms with E-state index in [1.165, 1.54) is 6.92 Å². The summed E-state index contributed by atoms with van der Waals surface area (Å²) in [6, 6.07) is 7.67. The van der Waals surface area contributed by atoms with Crippen LogP contribution in [-0.2, 0) is 11.3 Å². The van der Waals surface area contributed by atoms with Gasteiger partial charge in [-0.25, -0.2) is 15.0 Å². The van der Waals surface area contributed by atoms with E-state index in [1.54, 1.807) is 12.3 Å². The van der Waals surface area contributed by atoms with Crippen molar-refractivity contribution < 1.29 is 4.79 Å². The molecule has 3 rings (SSSR count). The van der Waals surface area contributed by atoms with Gasteiger partial charge in [-0.05, 0) is 30.7 Å². The van der Waals surface area contributed by atoms with Crippen LogP contribution in [-0.4, -0.2) is 47.0 Å². The molecule has 0 spiro atoms. The molecule has 8 nitrogen and oxygen atoms in total. The van der Waals surface area contributed by atoms with Crippen LogP contribution in [0, 0.1) is 18.3 Å². The van der Waals surface area contributed by atoms with Crippen LogP contribution in [0.25, 0.3) is 0 Å². The van der Waals surface area contributed by atoms with Gasteiger partial charge >= 0.3 is 0 Å². The fraction of sp³-hybridized carbons (Fsp3) is 0.389. The number of aromatic nitrogens is 3. The summed E-state index contributed by atoms with van der Waals surface area (Å²) in [5.74, 6) is 1.45. The van der Waals surface area contributed by atoms with Crippen molar-refractivity contribution in [1.82, 2.24) is 20.3 Å². The van der Waals surface area contributed by atoms with E-state index in [-0.39, 0.29) is 5.91 Å². The molecule has 0 saturated carbocycles. The van der Waals surface area contributed by atoms with Crippen LogP contribution >= 0.6 is 0 Å². The second-order valence-electron chi connectivity index (χ2n) is 6.21. The van der Waals surface area contributed by atoms with E-state index < -0.39 is 0 Å². The van der Waals surface area contributed by atoms with Gasteiger partial charge in [-0.1, -0.05) is 0 Å². The lowest BCUT2D eigenvalue weighted by Gasteiger charge is -2.35. The molecule has 1 amide bonds. The van der Waals surface area contributed by atoms with Crippen molar-refractivity contribution in [1.29, 1.82) is 5.26 Å². The molecule has 0 aliphatic carbocycles. The van der Waals surface area contributed by atoms with Gasteiger partial charge in [-0.3, -0.25) is 4.79 Å². The molecular formula is C18H21N7O. The molecule has 1 aliphatic rings. The maximum atomic E-state index is 11.1. The average Bonchev–Trinajstić information content (AvgIpc) is 2.66. The Bertz CT molecular complexity index is 838. The average molecular weight is 351 g/mol. The number of piperazine rings is 1. The number of aryl methyl sites for hydroxylation is 1.